The van der Waals surface area contributed by atoms with Crippen molar-refractivity contribution >= 4 is 23.2 Å². The number of methoxy groups -OCH3 is 2. The predicted octanol–water partition coefficient (Wildman–Crippen LogP) is 4.22. The molecule has 1 unspecified atom stereocenters. The molecule has 2 aromatic rings. The Labute approximate surface area is 169 Å². The summed E-state index contributed by atoms with van der Waals surface area (Å²) in [7, 11) is 2.87. The molecule has 0 saturated heterocycles. The molecule has 0 aliphatic rings. The second kappa shape index (κ2) is 10.7. The molecule has 0 saturated carbocycles. The largest absolute Gasteiger partial charge is 0.493 e. The van der Waals surface area contributed by atoms with Gasteiger partial charge in [-0.3, -0.25) is 9.59 Å². The van der Waals surface area contributed by atoms with Gasteiger partial charge in [0.15, 0.2) is 11.5 Å². The lowest BCUT2D eigenvalue weighted by Crippen LogP contribution is -2.30. The normalized spacial score (nSPS) is 11.8. The van der Waals surface area contributed by atoms with E-state index in [0.717, 1.165) is 11.3 Å². The van der Waals surface area contributed by atoms with Crippen molar-refractivity contribution in [3.8, 4) is 11.5 Å². The average Bonchev–Trinajstić information content (AvgIpc) is 3.21. The van der Waals surface area contributed by atoms with E-state index in [-0.39, 0.29) is 18.3 Å². The molecule has 0 radical (unpaired) electrons. The van der Waals surface area contributed by atoms with Gasteiger partial charge in [0.1, 0.15) is 0 Å². The summed E-state index contributed by atoms with van der Waals surface area (Å²) in [6.45, 7) is 4.85. The van der Waals surface area contributed by atoms with Gasteiger partial charge in [-0.2, -0.15) is 0 Å². The minimum Gasteiger partial charge on any atom is -0.493 e. The van der Waals surface area contributed by atoms with Crippen LogP contribution < -0.4 is 14.8 Å². The van der Waals surface area contributed by atoms with Crippen molar-refractivity contribution in [2.75, 3.05) is 20.8 Å². The molecule has 1 aromatic carbocycles. The first-order chi connectivity index (χ1) is 13.4. The molecule has 1 aromatic heterocycles. The Kier molecular flexibility index (Phi) is 8.32. The average molecular weight is 406 g/mol. The third kappa shape index (κ3) is 6.27. The smallest absolute Gasteiger partial charge is 0.307 e. The van der Waals surface area contributed by atoms with E-state index in [0.29, 0.717) is 29.6 Å². The predicted molar refractivity (Wildman–Crippen MR) is 109 cm³/mol. The van der Waals surface area contributed by atoms with Gasteiger partial charge < -0.3 is 19.5 Å². The summed E-state index contributed by atoms with van der Waals surface area (Å²) >= 11 is 1.47. The van der Waals surface area contributed by atoms with Crippen molar-refractivity contribution in [2.45, 2.75) is 32.7 Å². The Morgan fingerprint density at radius 1 is 1.14 bits per heavy atom. The summed E-state index contributed by atoms with van der Waals surface area (Å²) in [5, 5.41) is 4.80. The number of nitrogens with one attached hydrogen (secondary N) is 1. The Bertz CT molecular complexity index is 773. The molecule has 0 bridgehead atoms. The summed E-state index contributed by atoms with van der Waals surface area (Å²) in [5.41, 5.74) is 0.430. The topological polar surface area (TPSA) is 73.9 Å². The summed E-state index contributed by atoms with van der Waals surface area (Å²) < 4.78 is 15.9. The van der Waals surface area contributed by atoms with Crippen molar-refractivity contribution < 1.29 is 23.8 Å². The standard InChI is InChI=1S/C21H27NO5S/c1-14(2)9-10-27-17-8-7-15(12-18(17)25-3)21(24)22-16(13-20(23)26-4)19-6-5-11-28-19/h5-8,11-12,14,16H,9-10,13H2,1-4H3,(H,22,24). The van der Waals surface area contributed by atoms with Gasteiger partial charge in [-0.15, -0.1) is 11.3 Å². The molecule has 1 N–H and O–H groups in total. The molecule has 0 spiro atoms. The maximum absolute atomic E-state index is 12.7. The van der Waals surface area contributed by atoms with Crippen LogP contribution in [0, 0.1) is 5.92 Å². The number of thiophene rings is 1. The van der Waals surface area contributed by atoms with Crippen molar-refractivity contribution in [3.63, 3.8) is 0 Å². The van der Waals surface area contributed by atoms with Crippen molar-refractivity contribution in [1.82, 2.24) is 5.32 Å². The second-order valence-electron chi connectivity index (χ2n) is 6.72. The Balaban J connectivity index is 2.12. The third-order valence-electron chi connectivity index (χ3n) is 4.17. The van der Waals surface area contributed by atoms with Crippen LogP contribution in [0.1, 0.15) is 48.0 Å². The molecule has 0 aliphatic carbocycles. The first-order valence-electron chi connectivity index (χ1n) is 9.16. The van der Waals surface area contributed by atoms with Gasteiger partial charge >= 0.3 is 5.97 Å². The molecular weight excluding hydrogens is 378 g/mol. The Hall–Kier alpha value is -2.54. The van der Waals surface area contributed by atoms with E-state index in [1.807, 2.05) is 17.5 Å². The van der Waals surface area contributed by atoms with E-state index in [1.165, 1.54) is 25.6 Å². The fourth-order valence-corrected chi connectivity index (χ4v) is 3.31. The molecule has 2 rings (SSSR count). The highest BCUT2D eigenvalue weighted by Crippen LogP contribution is 2.29. The lowest BCUT2D eigenvalue weighted by Gasteiger charge is -2.17. The van der Waals surface area contributed by atoms with Gasteiger partial charge in [-0.1, -0.05) is 19.9 Å². The summed E-state index contributed by atoms with van der Waals surface area (Å²) in [4.78, 5) is 25.4. The number of rotatable bonds is 10. The van der Waals surface area contributed by atoms with Crippen LogP contribution in [-0.4, -0.2) is 32.7 Å². The summed E-state index contributed by atoms with van der Waals surface area (Å²) in [6, 6.07) is 8.37. The van der Waals surface area contributed by atoms with Crippen molar-refractivity contribution in [3.05, 3.63) is 46.2 Å². The number of benzene rings is 1. The molecule has 7 heteroatoms. The minimum atomic E-state index is -0.451. The monoisotopic (exact) mass is 405 g/mol. The first kappa shape index (κ1) is 21.8. The van der Waals surface area contributed by atoms with Crippen LogP contribution in [0.3, 0.4) is 0 Å². The fourth-order valence-electron chi connectivity index (χ4n) is 2.54. The van der Waals surface area contributed by atoms with E-state index < -0.39 is 6.04 Å². The summed E-state index contributed by atoms with van der Waals surface area (Å²) in [5.74, 6) is 0.959. The molecule has 1 amide bonds. The maximum Gasteiger partial charge on any atom is 0.307 e. The minimum absolute atomic E-state index is 0.0658. The lowest BCUT2D eigenvalue weighted by atomic mass is 10.1. The zero-order valence-electron chi connectivity index (χ0n) is 16.7. The van der Waals surface area contributed by atoms with Crippen LogP contribution in [-0.2, 0) is 9.53 Å². The van der Waals surface area contributed by atoms with E-state index in [2.05, 4.69) is 19.2 Å². The van der Waals surface area contributed by atoms with Gasteiger partial charge in [0.25, 0.3) is 5.91 Å². The molecule has 6 nitrogen and oxygen atoms in total. The third-order valence-corrected chi connectivity index (χ3v) is 5.15. The van der Waals surface area contributed by atoms with Gasteiger partial charge in [0, 0.05) is 10.4 Å². The number of esters is 1. The SMILES string of the molecule is COC(=O)CC(NC(=O)c1ccc(OCCC(C)C)c(OC)c1)c1cccs1. The van der Waals surface area contributed by atoms with Gasteiger partial charge in [-0.25, -0.2) is 0 Å². The van der Waals surface area contributed by atoms with Crippen LogP contribution in [0.25, 0.3) is 0 Å². The lowest BCUT2D eigenvalue weighted by molar-refractivity contribution is -0.141. The van der Waals surface area contributed by atoms with Crippen molar-refractivity contribution in [2.24, 2.45) is 5.92 Å². The molecule has 28 heavy (non-hydrogen) atoms. The fraction of sp³-hybridized carbons (Fsp3) is 0.429. The van der Waals surface area contributed by atoms with Crippen LogP contribution in [0.2, 0.25) is 0 Å². The number of carbonyl (C=O) groups is 2. The van der Waals surface area contributed by atoms with Crippen LogP contribution in [0.5, 0.6) is 11.5 Å². The molecule has 1 atom stereocenters. The number of carbonyl (C=O) groups excluding carboxylic acids is 2. The first-order valence-corrected chi connectivity index (χ1v) is 10.0. The van der Waals surface area contributed by atoms with Gasteiger partial charge in [0.05, 0.1) is 33.3 Å². The highest BCUT2D eigenvalue weighted by atomic mass is 32.1. The maximum atomic E-state index is 12.7. The van der Waals surface area contributed by atoms with Crippen LogP contribution in [0.4, 0.5) is 0 Å². The molecule has 1 heterocycles. The highest BCUT2D eigenvalue weighted by Gasteiger charge is 2.21. The van der Waals surface area contributed by atoms with E-state index in [9.17, 15) is 9.59 Å². The van der Waals surface area contributed by atoms with E-state index in [1.54, 1.807) is 18.2 Å². The molecule has 152 valence electrons. The number of hydrogen-bond acceptors (Lipinski definition) is 6. The molecule has 0 aliphatic heterocycles. The number of hydrogen-bond donors (Lipinski definition) is 1. The number of amides is 1. The van der Waals surface area contributed by atoms with E-state index >= 15 is 0 Å². The van der Waals surface area contributed by atoms with Crippen LogP contribution in [0.15, 0.2) is 35.7 Å². The zero-order chi connectivity index (χ0) is 20.5. The quantitative estimate of drug-likeness (QED) is 0.599. The second-order valence-corrected chi connectivity index (χ2v) is 7.70. The van der Waals surface area contributed by atoms with E-state index in [4.69, 9.17) is 14.2 Å². The van der Waals surface area contributed by atoms with Gasteiger partial charge in [-0.05, 0) is 42.0 Å². The number of ether oxygens (including phenoxy) is 3. The highest BCUT2D eigenvalue weighted by molar-refractivity contribution is 7.10. The summed E-state index contributed by atoms with van der Waals surface area (Å²) in [6.07, 6.45) is 0.998. The molecular formula is C21H27NO5S. The van der Waals surface area contributed by atoms with Crippen LogP contribution >= 0.6 is 11.3 Å². The molecule has 0 fully saturated rings. The Morgan fingerprint density at radius 2 is 1.93 bits per heavy atom. The Morgan fingerprint density at radius 3 is 2.54 bits per heavy atom. The van der Waals surface area contributed by atoms with Crippen molar-refractivity contribution in [1.29, 1.82) is 0 Å². The van der Waals surface area contributed by atoms with Gasteiger partial charge in [0.2, 0.25) is 0 Å². The zero-order valence-corrected chi connectivity index (χ0v) is 17.5.